The minimum atomic E-state index is -0.344. The van der Waals surface area contributed by atoms with E-state index in [0.717, 1.165) is 11.3 Å². The topological polar surface area (TPSA) is 42.0 Å². The number of hydrogen-bond donors (Lipinski definition) is 1. The molecule has 2 rings (SSSR count). The number of anilines is 1. The Kier molecular flexibility index (Phi) is 2.78. The van der Waals surface area contributed by atoms with Gasteiger partial charge in [0, 0.05) is 17.9 Å². The third kappa shape index (κ3) is 2.41. The van der Waals surface area contributed by atoms with Crippen LogP contribution in [-0.2, 0) is 4.79 Å². The van der Waals surface area contributed by atoms with Gasteiger partial charge in [0.1, 0.15) is 0 Å². The van der Waals surface area contributed by atoms with Gasteiger partial charge in [0.2, 0.25) is 5.91 Å². The maximum Gasteiger partial charge on any atom is 0.226 e. The molecule has 1 heterocycles. The van der Waals surface area contributed by atoms with Gasteiger partial charge in [-0.15, -0.1) is 11.3 Å². The Morgan fingerprint density at radius 1 is 1.33 bits per heavy atom. The number of thiazole rings is 1. The number of benzene rings is 1. The summed E-state index contributed by atoms with van der Waals surface area (Å²) in [5.74, 6) is -0.344. The molecular formula is C11H9N2OS. The van der Waals surface area contributed by atoms with E-state index in [2.05, 4.69) is 17.2 Å². The minimum absolute atomic E-state index is 0.344. The van der Waals surface area contributed by atoms with Gasteiger partial charge in [0.25, 0.3) is 0 Å². The molecule has 4 heteroatoms. The van der Waals surface area contributed by atoms with E-state index < -0.39 is 0 Å². The van der Waals surface area contributed by atoms with Crippen molar-refractivity contribution in [1.82, 2.24) is 4.98 Å². The molecule has 0 saturated heterocycles. The fraction of sp³-hybridized carbons (Fsp3) is 0. The summed E-state index contributed by atoms with van der Waals surface area (Å²) in [7, 11) is 0. The van der Waals surface area contributed by atoms with Crippen LogP contribution in [0.5, 0.6) is 0 Å². The Bertz CT molecular complexity index is 464. The smallest absolute Gasteiger partial charge is 0.226 e. The van der Waals surface area contributed by atoms with Crippen LogP contribution in [0.1, 0.15) is 0 Å². The number of amides is 1. The molecule has 0 spiro atoms. The molecule has 0 saturated carbocycles. The predicted octanol–water partition coefficient (Wildman–Crippen LogP) is 2.58. The third-order valence-electron chi connectivity index (χ3n) is 1.82. The van der Waals surface area contributed by atoms with Crippen LogP contribution in [0.2, 0.25) is 0 Å². The molecule has 0 aliphatic rings. The lowest BCUT2D eigenvalue weighted by Crippen LogP contribution is -2.05. The van der Waals surface area contributed by atoms with E-state index in [-0.39, 0.29) is 5.91 Å². The zero-order valence-corrected chi connectivity index (χ0v) is 8.75. The second-order valence-electron chi connectivity index (χ2n) is 2.95. The van der Waals surface area contributed by atoms with Crippen LogP contribution in [0.3, 0.4) is 0 Å². The summed E-state index contributed by atoms with van der Waals surface area (Å²) in [6.45, 7) is 3.23. The zero-order chi connectivity index (χ0) is 10.7. The van der Waals surface area contributed by atoms with E-state index in [9.17, 15) is 4.79 Å². The lowest BCUT2D eigenvalue weighted by Gasteiger charge is -1.95. The van der Waals surface area contributed by atoms with E-state index in [4.69, 9.17) is 0 Å². The molecule has 0 atom stereocenters. The van der Waals surface area contributed by atoms with Gasteiger partial charge in [0.15, 0.2) is 5.13 Å². The normalized spacial score (nSPS) is 9.93. The van der Waals surface area contributed by atoms with Gasteiger partial charge in [-0.05, 0) is 0 Å². The second-order valence-corrected chi connectivity index (χ2v) is 3.81. The molecule has 0 unspecified atom stereocenters. The van der Waals surface area contributed by atoms with E-state index in [1.807, 2.05) is 35.7 Å². The lowest BCUT2D eigenvalue weighted by molar-refractivity contribution is -0.112. The van der Waals surface area contributed by atoms with E-state index in [1.165, 1.54) is 11.3 Å². The maximum absolute atomic E-state index is 10.7. The summed E-state index contributed by atoms with van der Waals surface area (Å²) in [6, 6.07) is 9.81. The number of rotatable bonds is 2. The number of aromatic nitrogens is 1. The number of carbonyl (C=O) groups is 1. The van der Waals surface area contributed by atoms with Crippen molar-refractivity contribution in [2.24, 2.45) is 0 Å². The zero-order valence-electron chi connectivity index (χ0n) is 7.93. The molecule has 0 aliphatic carbocycles. The van der Waals surface area contributed by atoms with E-state index in [1.54, 1.807) is 0 Å². The van der Waals surface area contributed by atoms with Crippen molar-refractivity contribution in [1.29, 1.82) is 0 Å². The fourth-order valence-corrected chi connectivity index (χ4v) is 1.93. The lowest BCUT2D eigenvalue weighted by atomic mass is 10.2. The van der Waals surface area contributed by atoms with Crippen LogP contribution in [0, 0.1) is 6.92 Å². The summed E-state index contributed by atoms with van der Waals surface area (Å²) in [5.41, 5.74) is 1.91. The van der Waals surface area contributed by atoms with Crippen molar-refractivity contribution in [3.8, 4) is 11.3 Å². The van der Waals surface area contributed by atoms with Crippen LogP contribution in [0.4, 0.5) is 5.13 Å². The molecule has 2 aromatic rings. The first kappa shape index (κ1) is 9.86. The first-order valence-corrected chi connectivity index (χ1v) is 5.27. The largest absolute Gasteiger partial charge is 0.302 e. The highest BCUT2D eigenvalue weighted by atomic mass is 32.1. The number of carbonyl (C=O) groups excluding carboxylic acids is 1. The summed E-state index contributed by atoms with van der Waals surface area (Å²) in [5, 5.41) is 5.03. The van der Waals surface area contributed by atoms with Crippen LogP contribution in [0.25, 0.3) is 11.3 Å². The van der Waals surface area contributed by atoms with Crippen LogP contribution >= 0.6 is 11.3 Å². The van der Waals surface area contributed by atoms with Gasteiger partial charge in [0.05, 0.1) is 5.69 Å². The first-order valence-electron chi connectivity index (χ1n) is 4.39. The molecule has 1 radical (unpaired) electrons. The highest BCUT2D eigenvalue weighted by molar-refractivity contribution is 7.14. The maximum atomic E-state index is 10.7. The number of hydrogen-bond acceptors (Lipinski definition) is 3. The van der Waals surface area contributed by atoms with Gasteiger partial charge in [-0.3, -0.25) is 4.79 Å². The monoisotopic (exact) mass is 217 g/mol. The average Bonchev–Trinajstić information content (AvgIpc) is 2.67. The summed E-state index contributed by atoms with van der Waals surface area (Å²) < 4.78 is 0. The third-order valence-corrected chi connectivity index (χ3v) is 2.58. The molecule has 0 bridgehead atoms. The van der Waals surface area contributed by atoms with Gasteiger partial charge < -0.3 is 5.32 Å². The molecule has 75 valence electrons. The van der Waals surface area contributed by atoms with Crippen molar-refractivity contribution in [3.05, 3.63) is 42.6 Å². The highest BCUT2D eigenvalue weighted by Gasteiger charge is 2.04. The van der Waals surface area contributed by atoms with Crippen LogP contribution in [0.15, 0.2) is 35.7 Å². The quantitative estimate of drug-likeness (QED) is 0.840. The van der Waals surface area contributed by atoms with Gasteiger partial charge in [-0.25, -0.2) is 4.98 Å². The summed E-state index contributed by atoms with van der Waals surface area (Å²) in [4.78, 5) is 15.0. The van der Waals surface area contributed by atoms with Gasteiger partial charge in [-0.1, -0.05) is 30.3 Å². The molecule has 3 nitrogen and oxygen atoms in total. The van der Waals surface area contributed by atoms with Crippen molar-refractivity contribution in [2.45, 2.75) is 0 Å². The Balaban J connectivity index is 2.24. The number of nitrogens with zero attached hydrogens (tertiary/aromatic N) is 1. The molecule has 1 aromatic heterocycles. The SMILES string of the molecule is [CH2]C(=O)Nc1nc(-c2ccccc2)cs1. The Morgan fingerprint density at radius 3 is 2.73 bits per heavy atom. The molecule has 0 aliphatic heterocycles. The Labute approximate surface area is 91.8 Å². The van der Waals surface area contributed by atoms with Crippen molar-refractivity contribution < 1.29 is 4.79 Å². The predicted molar refractivity (Wildman–Crippen MR) is 61.5 cm³/mol. The van der Waals surface area contributed by atoms with E-state index in [0.29, 0.717) is 5.13 Å². The summed E-state index contributed by atoms with van der Waals surface area (Å²) >= 11 is 1.39. The van der Waals surface area contributed by atoms with Crippen LogP contribution < -0.4 is 5.32 Å². The number of nitrogens with one attached hydrogen (secondary N) is 1. The van der Waals surface area contributed by atoms with Crippen LogP contribution in [-0.4, -0.2) is 10.9 Å². The Hall–Kier alpha value is -1.68. The summed E-state index contributed by atoms with van der Waals surface area (Å²) in [6.07, 6.45) is 0. The minimum Gasteiger partial charge on any atom is -0.302 e. The van der Waals surface area contributed by atoms with E-state index >= 15 is 0 Å². The molecule has 1 aromatic carbocycles. The highest BCUT2D eigenvalue weighted by Crippen LogP contribution is 2.24. The molecule has 15 heavy (non-hydrogen) atoms. The van der Waals surface area contributed by atoms with Gasteiger partial charge >= 0.3 is 0 Å². The average molecular weight is 217 g/mol. The first-order chi connectivity index (χ1) is 7.25. The van der Waals surface area contributed by atoms with Crippen molar-refractivity contribution >= 4 is 22.4 Å². The molecular weight excluding hydrogens is 208 g/mol. The standard InChI is InChI=1S/C11H9N2OS/c1-8(14)12-11-13-10(7-15-11)9-5-3-2-4-6-9/h2-7H,1H2,(H,12,13,14). The molecule has 0 fully saturated rings. The van der Waals surface area contributed by atoms with Crippen molar-refractivity contribution in [3.63, 3.8) is 0 Å². The van der Waals surface area contributed by atoms with Crippen molar-refractivity contribution in [2.75, 3.05) is 5.32 Å². The fourth-order valence-electron chi connectivity index (χ4n) is 1.19. The molecule has 1 amide bonds. The van der Waals surface area contributed by atoms with Gasteiger partial charge in [-0.2, -0.15) is 0 Å². The second kappa shape index (κ2) is 4.23. The molecule has 1 N–H and O–H groups in total. The Morgan fingerprint density at radius 2 is 2.07 bits per heavy atom.